The fourth-order valence-electron chi connectivity index (χ4n) is 3.70. The molecule has 44 heavy (non-hydrogen) atoms. The average molecular weight is 683 g/mol. The highest BCUT2D eigenvalue weighted by atomic mass is 31.3. The monoisotopic (exact) mass is 683 g/mol. The highest BCUT2D eigenvalue weighted by Gasteiger charge is 2.46. The molecular formula is C19H31N3O20P2. The van der Waals surface area contributed by atoms with E-state index < -0.39 is 114 Å². The van der Waals surface area contributed by atoms with Gasteiger partial charge in [-0.3, -0.25) is 28.5 Å². The minimum absolute atomic E-state index is 0.579. The number of carbonyl (C=O) groups is 2. The van der Waals surface area contributed by atoms with E-state index in [0.717, 1.165) is 23.8 Å². The third kappa shape index (κ3) is 10.9. The summed E-state index contributed by atoms with van der Waals surface area (Å²) in [6.45, 7) is -0.953. The number of ether oxygens (including phenoxy) is 3. The quantitative estimate of drug-likeness (QED) is 0.0807. The lowest BCUT2D eigenvalue weighted by atomic mass is 9.97. The Morgan fingerprint density at radius 3 is 2.16 bits per heavy atom. The van der Waals surface area contributed by atoms with Gasteiger partial charge in [0.05, 0.1) is 13.2 Å². The number of phosphoric acid groups is 2. The van der Waals surface area contributed by atoms with Crippen LogP contribution in [-0.2, 0) is 41.8 Å². The maximum Gasteiger partial charge on any atom is 0.481 e. The van der Waals surface area contributed by atoms with Crippen molar-refractivity contribution in [1.29, 1.82) is 0 Å². The summed E-state index contributed by atoms with van der Waals surface area (Å²) in [4.78, 5) is 72.6. The molecule has 0 saturated carbocycles. The molecule has 252 valence electrons. The van der Waals surface area contributed by atoms with Crippen LogP contribution in [0.3, 0.4) is 0 Å². The Morgan fingerprint density at radius 1 is 1.00 bits per heavy atom. The standard InChI is InChI=1S/C10H17NO8.C9H14N2O12P2/c1-4(13)18-3-6(14)11-7-9(16)8(15)5(2-12)19-10(7)17;12-5-1-2-11(9(15)10-5)8-7(14)6(13)4(22-8)3-21-25(19,20)23-24(16,17)18/h5,7-10,12,15-17H,2-3H2,1H3,(H,11,14);1-2,4,6-8,13-14H,3H2,(H,19,20)(H,10,12,15)(H2,16,17,18)/t5-,7-,8-,9-,10?;4-,6-,7-,8-/m11/s1. The molecule has 0 aromatic carbocycles. The molecule has 3 rings (SSSR count). The Morgan fingerprint density at radius 2 is 1.61 bits per heavy atom. The number of hydrogen-bond acceptors (Lipinski definition) is 17. The first kappa shape index (κ1) is 37.7. The first-order valence-electron chi connectivity index (χ1n) is 12.1. The lowest BCUT2D eigenvalue weighted by Crippen LogP contribution is -2.64. The van der Waals surface area contributed by atoms with E-state index in [2.05, 4.69) is 18.9 Å². The van der Waals surface area contributed by atoms with Gasteiger partial charge in [0.15, 0.2) is 19.1 Å². The van der Waals surface area contributed by atoms with Crippen molar-refractivity contribution in [1.82, 2.24) is 14.9 Å². The Kier molecular flexibility index (Phi) is 13.5. The molecular weight excluding hydrogens is 652 g/mol. The number of aromatic amines is 1. The van der Waals surface area contributed by atoms with E-state index in [-0.39, 0.29) is 0 Å². The average Bonchev–Trinajstić information content (AvgIpc) is 3.18. The molecule has 0 radical (unpaired) electrons. The van der Waals surface area contributed by atoms with Crippen LogP contribution in [0.2, 0.25) is 0 Å². The van der Waals surface area contributed by atoms with E-state index in [1.807, 2.05) is 4.98 Å². The number of esters is 1. The third-order valence-corrected chi connectivity index (χ3v) is 7.86. The molecule has 3 heterocycles. The van der Waals surface area contributed by atoms with Gasteiger partial charge in [-0.05, 0) is 0 Å². The van der Waals surface area contributed by atoms with E-state index >= 15 is 0 Å². The SMILES string of the molecule is CC(=O)OCC(=O)N[C@H]1C(O)O[C@H](CO)[C@@H](O)[C@@H]1O.O=c1ccn([C@@H]2O[C@H](COP(=O)(O)OP(=O)(O)O)[C@@H](O)[C@H]2O)c(=O)[nH]1. The van der Waals surface area contributed by atoms with Crippen LogP contribution in [0, 0.1) is 0 Å². The molecule has 2 fully saturated rings. The van der Waals surface area contributed by atoms with Gasteiger partial charge in [0.2, 0.25) is 0 Å². The number of nitrogens with zero attached hydrogens (tertiary/aromatic N) is 1. The smallest absolute Gasteiger partial charge is 0.456 e. The van der Waals surface area contributed by atoms with Crippen molar-refractivity contribution in [2.75, 3.05) is 19.8 Å². The van der Waals surface area contributed by atoms with Crippen molar-refractivity contribution in [3.8, 4) is 0 Å². The second kappa shape index (κ2) is 15.7. The molecule has 0 aliphatic carbocycles. The first-order valence-corrected chi connectivity index (χ1v) is 15.1. The Labute approximate surface area is 245 Å². The molecule has 2 unspecified atom stereocenters. The molecule has 2 saturated heterocycles. The van der Waals surface area contributed by atoms with E-state index in [9.17, 15) is 53.8 Å². The van der Waals surface area contributed by atoms with E-state index in [1.54, 1.807) is 0 Å². The van der Waals surface area contributed by atoms with Crippen LogP contribution in [0.25, 0.3) is 0 Å². The Hall–Kier alpha value is -2.44. The van der Waals surface area contributed by atoms with Gasteiger partial charge in [-0.2, -0.15) is 4.31 Å². The molecule has 1 aromatic heterocycles. The molecule has 2 aliphatic rings. The molecule has 23 nitrogen and oxygen atoms in total. The summed E-state index contributed by atoms with van der Waals surface area (Å²) in [5.74, 6) is -1.42. The maximum atomic E-state index is 11.7. The number of carbonyl (C=O) groups excluding carboxylic acids is 2. The summed E-state index contributed by atoms with van der Waals surface area (Å²) >= 11 is 0. The van der Waals surface area contributed by atoms with Crippen molar-refractivity contribution in [3.05, 3.63) is 33.1 Å². The van der Waals surface area contributed by atoms with Crippen LogP contribution in [-0.4, -0.2) is 136 Å². The number of H-pyrrole nitrogens is 1. The minimum atomic E-state index is -5.32. The van der Waals surface area contributed by atoms with Gasteiger partial charge in [-0.1, -0.05) is 0 Å². The van der Waals surface area contributed by atoms with Crippen LogP contribution in [0.15, 0.2) is 21.9 Å². The summed E-state index contributed by atoms with van der Waals surface area (Å²) in [7, 11) is -10.5. The topological polar surface area (TPSA) is 363 Å². The molecule has 25 heteroatoms. The largest absolute Gasteiger partial charge is 0.481 e. The third-order valence-electron chi connectivity index (χ3n) is 5.71. The van der Waals surface area contributed by atoms with E-state index in [4.69, 9.17) is 29.3 Å². The van der Waals surface area contributed by atoms with Crippen LogP contribution < -0.4 is 16.6 Å². The first-order chi connectivity index (χ1) is 20.3. The summed E-state index contributed by atoms with van der Waals surface area (Å²) in [5.41, 5.74) is -1.65. The second-order valence-corrected chi connectivity index (χ2v) is 11.8. The zero-order valence-corrected chi connectivity index (χ0v) is 24.1. The van der Waals surface area contributed by atoms with Gasteiger partial charge in [-0.25, -0.2) is 13.9 Å². The van der Waals surface area contributed by atoms with Gasteiger partial charge in [-0.15, -0.1) is 0 Å². The summed E-state index contributed by atoms with van der Waals surface area (Å²) < 4.78 is 44.9. The highest BCUT2D eigenvalue weighted by Crippen LogP contribution is 2.57. The van der Waals surface area contributed by atoms with Gasteiger partial charge in [0.25, 0.3) is 11.5 Å². The number of hydrogen-bond donors (Lipinski definition) is 11. The molecule has 11 N–H and O–H groups in total. The maximum absolute atomic E-state index is 11.7. The van der Waals surface area contributed by atoms with Crippen molar-refractivity contribution < 1.29 is 87.1 Å². The molecule has 2 aliphatic heterocycles. The predicted octanol–water partition coefficient (Wildman–Crippen LogP) is -6.15. The van der Waals surface area contributed by atoms with Gasteiger partial charge in [0, 0.05) is 19.2 Å². The molecule has 0 bridgehead atoms. The molecule has 0 spiro atoms. The highest BCUT2D eigenvalue weighted by molar-refractivity contribution is 7.60. The van der Waals surface area contributed by atoms with E-state index in [1.165, 1.54) is 0 Å². The number of phosphoric ester groups is 1. The van der Waals surface area contributed by atoms with Gasteiger partial charge < -0.3 is 64.8 Å². The van der Waals surface area contributed by atoms with Crippen molar-refractivity contribution in [3.63, 3.8) is 0 Å². The lowest BCUT2D eigenvalue weighted by molar-refractivity contribution is -0.254. The van der Waals surface area contributed by atoms with Crippen molar-refractivity contribution in [2.45, 2.75) is 62.1 Å². The molecule has 1 amide bonds. The fraction of sp³-hybridized carbons (Fsp3) is 0.684. The number of rotatable bonds is 10. The summed E-state index contributed by atoms with van der Waals surface area (Å²) in [6.07, 6.45) is -11.0. The molecule has 10 atom stereocenters. The van der Waals surface area contributed by atoms with Crippen LogP contribution in [0.5, 0.6) is 0 Å². The Bertz CT molecular complexity index is 1350. The summed E-state index contributed by atoms with van der Waals surface area (Å²) in [6, 6.07) is -0.329. The summed E-state index contributed by atoms with van der Waals surface area (Å²) in [5, 5.41) is 59.6. The number of aromatic nitrogens is 2. The zero-order chi connectivity index (χ0) is 33.6. The number of aliphatic hydroxyl groups is 6. The van der Waals surface area contributed by atoms with Crippen molar-refractivity contribution in [2.24, 2.45) is 0 Å². The lowest BCUT2D eigenvalue weighted by Gasteiger charge is -2.40. The number of amides is 1. The minimum Gasteiger partial charge on any atom is -0.456 e. The fourth-order valence-corrected chi connectivity index (χ4v) is 5.30. The Balaban J connectivity index is 0.000000319. The number of aliphatic hydroxyl groups excluding tert-OH is 6. The second-order valence-electron chi connectivity index (χ2n) is 9.00. The molecule has 1 aromatic rings. The van der Waals surface area contributed by atoms with E-state index in [0.29, 0.717) is 0 Å². The zero-order valence-electron chi connectivity index (χ0n) is 22.3. The number of nitrogens with one attached hydrogen (secondary N) is 2. The van der Waals surface area contributed by atoms with Crippen LogP contribution in [0.4, 0.5) is 0 Å². The van der Waals surface area contributed by atoms with Crippen LogP contribution in [0.1, 0.15) is 13.2 Å². The van der Waals surface area contributed by atoms with Crippen molar-refractivity contribution >= 4 is 27.5 Å². The van der Waals surface area contributed by atoms with Gasteiger partial charge >= 0.3 is 27.3 Å². The van der Waals surface area contributed by atoms with Crippen LogP contribution >= 0.6 is 15.6 Å². The predicted molar refractivity (Wildman–Crippen MR) is 135 cm³/mol. The normalized spacial score (nSPS) is 31.7. The van der Waals surface area contributed by atoms with Gasteiger partial charge in [0.1, 0.15) is 42.7 Å².